The number of carboxylic acids is 1. The number of unbranched alkanes of at least 4 members (excludes halogenated alkanes) is 37. The van der Waals surface area contributed by atoms with E-state index in [1.807, 2.05) is 21.1 Å². The van der Waals surface area contributed by atoms with Crippen molar-refractivity contribution in [2.45, 2.75) is 347 Å². The van der Waals surface area contributed by atoms with Crippen LogP contribution in [-0.2, 0) is 33.3 Å². The van der Waals surface area contributed by atoms with Gasteiger partial charge in [-0.3, -0.25) is 9.59 Å². The second-order valence-corrected chi connectivity index (χ2v) is 26.6. The maximum atomic E-state index is 13.0. The summed E-state index contributed by atoms with van der Waals surface area (Å²) in [5.74, 6) is -1.99. The third kappa shape index (κ3) is 73.2. The van der Waals surface area contributed by atoms with Crippen LogP contribution in [0.3, 0.4) is 0 Å². The zero-order valence-corrected chi connectivity index (χ0v) is 60.0. The van der Waals surface area contributed by atoms with Crippen LogP contribution in [0.4, 0.5) is 0 Å². The summed E-state index contributed by atoms with van der Waals surface area (Å²) in [5, 5.41) is 9.77. The molecule has 0 aliphatic carbocycles. The lowest BCUT2D eigenvalue weighted by molar-refractivity contribution is -0.870. The van der Waals surface area contributed by atoms with Crippen molar-refractivity contribution in [2.24, 2.45) is 0 Å². The van der Waals surface area contributed by atoms with Crippen molar-refractivity contribution in [3.63, 3.8) is 0 Å². The third-order valence-electron chi connectivity index (χ3n) is 16.5. The summed E-state index contributed by atoms with van der Waals surface area (Å²) in [6.07, 6.45) is 98.0. The van der Waals surface area contributed by atoms with E-state index in [9.17, 15) is 19.5 Å². The van der Waals surface area contributed by atoms with Crippen LogP contribution in [0.2, 0.25) is 0 Å². The molecule has 0 fully saturated rings. The SMILES string of the molecule is CC/C=C\C/C=C\C/C=C\C/C=C\C/C=C\CCCCCCCCCCCCCCCCCCCCCC(=O)OC(COC(=O)CCCCCCCCCCCCCCCCCCCC/C=C\C/C=C\C/C=C\C/C=C\CC)COC(OCC[N+](C)(C)C)C(=O)O. The average molecular weight is 1270 g/mol. The van der Waals surface area contributed by atoms with E-state index in [1.54, 1.807) is 0 Å². The minimum Gasteiger partial charge on any atom is -0.477 e. The van der Waals surface area contributed by atoms with Gasteiger partial charge in [0.05, 0.1) is 34.4 Å². The molecule has 0 saturated carbocycles. The van der Waals surface area contributed by atoms with E-state index in [4.69, 9.17) is 18.9 Å². The lowest BCUT2D eigenvalue weighted by atomic mass is 10.0. The number of aliphatic carboxylic acids is 1. The van der Waals surface area contributed by atoms with Gasteiger partial charge in [-0.15, -0.1) is 0 Å². The van der Waals surface area contributed by atoms with Crippen LogP contribution in [0.1, 0.15) is 335 Å². The molecule has 0 bridgehead atoms. The van der Waals surface area contributed by atoms with Crippen LogP contribution in [0.15, 0.2) is 109 Å². The molecule has 0 radical (unpaired) electrons. The van der Waals surface area contributed by atoms with Crippen LogP contribution < -0.4 is 0 Å². The summed E-state index contributed by atoms with van der Waals surface area (Å²) in [7, 11) is 5.99. The number of carbonyl (C=O) groups is 3. The Hall–Kier alpha value is -4.05. The summed E-state index contributed by atoms with van der Waals surface area (Å²) in [6, 6.07) is 0. The summed E-state index contributed by atoms with van der Waals surface area (Å²) < 4.78 is 23.0. The highest BCUT2D eigenvalue weighted by Gasteiger charge is 2.25. The molecule has 0 aromatic heterocycles. The number of carboxylic acid groups (broad SMARTS) is 1. The highest BCUT2D eigenvalue weighted by atomic mass is 16.7. The molecule has 524 valence electrons. The van der Waals surface area contributed by atoms with Gasteiger partial charge in [0.1, 0.15) is 13.2 Å². The predicted molar refractivity (Wildman–Crippen MR) is 392 cm³/mol. The number of quaternary nitrogens is 1. The fraction of sp³-hybridized carbons (Fsp3) is 0.744. The fourth-order valence-corrected chi connectivity index (χ4v) is 10.8. The first kappa shape index (κ1) is 87.0. The van der Waals surface area contributed by atoms with Crippen molar-refractivity contribution in [3.8, 4) is 0 Å². The summed E-state index contributed by atoms with van der Waals surface area (Å²) in [4.78, 5) is 37.7. The van der Waals surface area contributed by atoms with Gasteiger partial charge < -0.3 is 28.5 Å². The molecular formula is C82H144NO8+. The first-order chi connectivity index (χ1) is 44.6. The molecule has 0 aromatic rings. The zero-order valence-electron chi connectivity index (χ0n) is 60.0. The quantitative estimate of drug-likeness (QED) is 0.0211. The number of allylic oxidation sites excluding steroid dienone is 18. The number of nitrogens with zero attached hydrogens (tertiary/aromatic N) is 1. The second kappa shape index (κ2) is 71.8. The number of likely N-dealkylation sites (N-methyl/N-ethyl adjacent to an activating group) is 1. The Morgan fingerprint density at radius 3 is 0.879 bits per heavy atom. The Morgan fingerprint density at radius 2 is 0.593 bits per heavy atom. The third-order valence-corrected chi connectivity index (χ3v) is 16.5. The molecule has 0 saturated heterocycles. The lowest BCUT2D eigenvalue weighted by Gasteiger charge is -2.25. The van der Waals surface area contributed by atoms with Gasteiger partial charge in [-0.1, -0.05) is 335 Å². The largest absolute Gasteiger partial charge is 0.477 e. The van der Waals surface area contributed by atoms with Crippen molar-refractivity contribution in [1.82, 2.24) is 0 Å². The molecule has 0 aromatic carbocycles. The molecule has 0 aliphatic rings. The standard InChI is InChI=1S/C82H143NO8/c1-6-8-10-12-14-16-18-20-22-24-26-28-30-32-34-36-38-39-40-41-43-45-47-49-51-53-55-57-59-61-63-65-67-69-71-73-80(85)91-78(77-90-82(81(86)87)88-75-74-83(3,4)5)76-89-79(84)72-70-68-66-64-62-60-58-56-54-52-50-48-46-44-42-37-35-33-31-29-27-25-23-21-19-17-15-13-11-9-7-2/h8-11,14-17,20-23,26-29,32,34,78,82H,6-7,12-13,18-19,24-25,30-31,33,35-77H2,1-5H3/p+1/b10-8-,11-9-,16-14-,17-15-,22-20-,23-21-,28-26-,29-27-,34-32-. The number of esters is 2. The summed E-state index contributed by atoms with van der Waals surface area (Å²) >= 11 is 0. The van der Waals surface area contributed by atoms with Crippen LogP contribution in [0, 0.1) is 0 Å². The summed E-state index contributed by atoms with van der Waals surface area (Å²) in [5.41, 5.74) is 0. The molecule has 0 spiro atoms. The minimum absolute atomic E-state index is 0.181. The number of rotatable bonds is 70. The Balaban J connectivity index is 4.03. The van der Waals surface area contributed by atoms with Gasteiger partial charge in [0.15, 0.2) is 6.10 Å². The molecule has 91 heavy (non-hydrogen) atoms. The van der Waals surface area contributed by atoms with E-state index in [2.05, 4.69) is 123 Å². The molecular weight excluding hydrogens is 1130 g/mol. The number of carbonyl (C=O) groups excluding carboxylic acids is 2. The van der Waals surface area contributed by atoms with Gasteiger partial charge in [0.25, 0.3) is 6.29 Å². The van der Waals surface area contributed by atoms with E-state index in [0.717, 1.165) is 96.3 Å². The molecule has 2 atom stereocenters. The number of ether oxygens (including phenoxy) is 4. The van der Waals surface area contributed by atoms with Gasteiger partial charge in [-0.25, -0.2) is 4.79 Å². The summed E-state index contributed by atoms with van der Waals surface area (Å²) in [6.45, 7) is 4.69. The molecule has 0 heterocycles. The van der Waals surface area contributed by atoms with Crippen LogP contribution in [0.25, 0.3) is 0 Å². The minimum atomic E-state index is -1.51. The molecule has 0 amide bonds. The topological polar surface area (TPSA) is 108 Å². The van der Waals surface area contributed by atoms with Crippen molar-refractivity contribution >= 4 is 17.9 Å². The van der Waals surface area contributed by atoms with Crippen molar-refractivity contribution < 1.29 is 42.9 Å². The molecule has 9 heteroatoms. The molecule has 2 unspecified atom stereocenters. The van der Waals surface area contributed by atoms with Crippen molar-refractivity contribution in [2.75, 3.05) is 47.5 Å². The van der Waals surface area contributed by atoms with Gasteiger partial charge >= 0.3 is 17.9 Å². The second-order valence-electron chi connectivity index (χ2n) is 26.6. The van der Waals surface area contributed by atoms with Gasteiger partial charge in [0.2, 0.25) is 0 Å². The van der Waals surface area contributed by atoms with Gasteiger partial charge in [0, 0.05) is 12.8 Å². The van der Waals surface area contributed by atoms with E-state index in [-0.39, 0.29) is 32.2 Å². The normalized spacial score (nSPS) is 13.3. The monoisotopic (exact) mass is 1270 g/mol. The zero-order chi connectivity index (χ0) is 66.1. The van der Waals surface area contributed by atoms with E-state index in [1.165, 1.54) is 212 Å². The van der Waals surface area contributed by atoms with Crippen molar-refractivity contribution in [3.05, 3.63) is 109 Å². The van der Waals surface area contributed by atoms with Crippen molar-refractivity contribution in [1.29, 1.82) is 0 Å². The highest BCUT2D eigenvalue weighted by molar-refractivity contribution is 5.71. The maximum absolute atomic E-state index is 13.0. The fourth-order valence-electron chi connectivity index (χ4n) is 10.8. The first-order valence-corrected chi connectivity index (χ1v) is 38.1. The van der Waals surface area contributed by atoms with E-state index in [0.29, 0.717) is 17.4 Å². The van der Waals surface area contributed by atoms with Gasteiger partial charge in [-0.05, 0) is 96.3 Å². The molecule has 0 aliphatic heterocycles. The van der Waals surface area contributed by atoms with Crippen LogP contribution in [-0.4, -0.2) is 87.4 Å². The molecule has 0 rings (SSSR count). The van der Waals surface area contributed by atoms with E-state index >= 15 is 0 Å². The van der Waals surface area contributed by atoms with Crippen LogP contribution in [0.5, 0.6) is 0 Å². The lowest BCUT2D eigenvalue weighted by Crippen LogP contribution is -2.40. The Bertz CT molecular complexity index is 1870. The first-order valence-electron chi connectivity index (χ1n) is 38.1. The molecule has 9 nitrogen and oxygen atoms in total. The number of hydrogen-bond acceptors (Lipinski definition) is 7. The predicted octanol–water partition coefficient (Wildman–Crippen LogP) is 24.1. The molecule has 1 N–H and O–H groups in total. The average Bonchev–Trinajstić information content (AvgIpc) is 3.46. The number of hydrogen-bond donors (Lipinski definition) is 1. The van der Waals surface area contributed by atoms with E-state index < -0.39 is 24.3 Å². The smallest absolute Gasteiger partial charge is 0.361 e. The maximum Gasteiger partial charge on any atom is 0.361 e. The Labute approximate surface area is 562 Å². The Kier molecular flexibility index (Phi) is 68.6. The Morgan fingerprint density at radius 1 is 0.330 bits per heavy atom. The highest BCUT2D eigenvalue weighted by Crippen LogP contribution is 2.19. The van der Waals surface area contributed by atoms with Gasteiger partial charge in [-0.2, -0.15) is 0 Å². The van der Waals surface area contributed by atoms with Crippen LogP contribution >= 0.6 is 0 Å².